The molecular weight excluding hydrogens is 717 g/mol. The molecule has 2 N–H and O–H groups in total. The molecule has 1 unspecified atom stereocenters. The number of H-pyrrole nitrogens is 1. The zero-order valence-electron chi connectivity index (χ0n) is 31.9. The molecule has 2 aromatic carbocycles. The number of ether oxygens (including phenoxy) is 2. The lowest BCUT2D eigenvalue weighted by atomic mass is 9.92. The van der Waals surface area contributed by atoms with Crippen LogP contribution in [0, 0.1) is 0 Å². The summed E-state index contributed by atoms with van der Waals surface area (Å²) in [5, 5.41) is 4.80. The summed E-state index contributed by atoms with van der Waals surface area (Å²) in [7, 11) is 0. The third-order valence-electron chi connectivity index (χ3n) is 12.1. The van der Waals surface area contributed by atoms with Gasteiger partial charge < -0.3 is 19.4 Å². The number of aromatic nitrogens is 4. The summed E-state index contributed by atoms with van der Waals surface area (Å²) in [6, 6.07) is 23.1. The number of imide groups is 1. The number of pyridine rings is 3. The van der Waals surface area contributed by atoms with Crippen molar-refractivity contribution in [2.75, 3.05) is 37.6 Å². The highest BCUT2D eigenvalue weighted by Gasteiger charge is 2.35. The largest absolute Gasteiger partial charge is 0.489 e. The number of piperazine rings is 1. The topological polar surface area (TPSA) is 129 Å². The van der Waals surface area contributed by atoms with Crippen LogP contribution < -0.4 is 19.7 Å². The zero-order valence-corrected chi connectivity index (χ0v) is 31.9. The van der Waals surface area contributed by atoms with Crippen LogP contribution in [0.2, 0.25) is 0 Å². The summed E-state index contributed by atoms with van der Waals surface area (Å²) in [4.78, 5) is 48.3. The first-order chi connectivity index (χ1) is 28.0. The van der Waals surface area contributed by atoms with Gasteiger partial charge in [0.25, 0.3) is 0 Å². The molecule has 10 rings (SSSR count). The van der Waals surface area contributed by atoms with Gasteiger partial charge in [0.2, 0.25) is 17.7 Å². The van der Waals surface area contributed by atoms with Crippen molar-refractivity contribution in [1.29, 1.82) is 0 Å². The van der Waals surface area contributed by atoms with E-state index in [9.17, 15) is 9.59 Å². The van der Waals surface area contributed by atoms with Crippen LogP contribution in [-0.4, -0.2) is 92.5 Å². The first-order valence-electron chi connectivity index (χ1n) is 20.2. The maximum Gasteiger partial charge on any atom is 0.243 e. The van der Waals surface area contributed by atoms with Crippen LogP contribution in [0.1, 0.15) is 48.9 Å². The van der Waals surface area contributed by atoms with Crippen LogP contribution in [-0.2, 0) is 29.1 Å². The van der Waals surface area contributed by atoms with Crippen LogP contribution in [0.4, 0.5) is 5.69 Å². The predicted molar refractivity (Wildman–Crippen MR) is 218 cm³/mol. The molecule has 12 nitrogen and oxygen atoms in total. The molecule has 0 bridgehead atoms. The molecule has 4 aliphatic rings. The molecule has 57 heavy (non-hydrogen) atoms. The van der Waals surface area contributed by atoms with Crippen molar-refractivity contribution in [3.63, 3.8) is 0 Å². The van der Waals surface area contributed by atoms with Gasteiger partial charge in [-0.1, -0.05) is 18.2 Å². The van der Waals surface area contributed by atoms with E-state index in [0.29, 0.717) is 18.7 Å². The lowest BCUT2D eigenvalue weighted by molar-refractivity contribution is -0.137. The Bertz CT molecular complexity index is 2420. The van der Waals surface area contributed by atoms with E-state index < -0.39 is 0 Å². The molecule has 4 aromatic heterocycles. The van der Waals surface area contributed by atoms with Gasteiger partial charge in [0.05, 0.1) is 12.2 Å². The van der Waals surface area contributed by atoms with Crippen molar-refractivity contribution in [2.45, 2.75) is 69.9 Å². The first kappa shape index (κ1) is 35.6. The Hall–Kier alpha value is -5.85. The first-order valence-corrected chi connectivity index (χ1v) is 20.2. The van der Waals surface area contributed by atoms with E-state index in [1.54, 1.807) is 6.20 Å². The summed E-state index contributed by atoms with van der Waals surface area (Å²) < 4.78 is 12.4. The number of nitrogens with zero attached hydrogens (tertiary/aromatic N) is 6. The highest BCUT2D eigenvalue weighted by atomic mass is 16.5. The number of carbonyl (C=O) groups excluding carboxylic acids is 2. The van der Waals surface area contributed by atoms with Crippen molar-refractivity contribution in [2.24, 2.45) is 0 Å². The average Bonchev–Trinajstić information content (AvgIpc) is 3.82. The number of fused-ring (bicyclic) bond motifs is 4. The van der Waals surface area contributed by atoms with E-state index in [-0.39, 0.29) is 30.1 Å². The van der Waals surface area contributed by atoms with Gasteiger partial charge in [0, 0.05) is 122 Å². The molecule has 0 spiro atoms. The predicted octanol–water partition coefficient (Wildman–Crippen LogP) is 6.04. The van der Waals surface area contributed by atoms with E-state index in [4.69, 9.17) is 14.5 Å². The van der Waals surface area contributed by atoms with Crippen LogP contribution >= 0.6 is 0 Å². The van der Waals surface area contributed by atoms with Gasteiger partial charge in [0.1, 0.15) is 18.0 Å². The zero-order chi connectivity index (χ0) is 38.3. The minimum absolute atomic E-state index is 0.0879. The SMILES string of the molecule is O=C1CCC(N2Cc3ccc(N4CCN(CCCc5ccc(OC6CC(Oc7ccc(-c8ccc9c(c8)[nH]c8ccncc89)cn7)C6)cn5)CC4)cc3C2)C(=O)N1. The minimum Gasteiger partial charge on any atom is -0.489 e. The molecule has 12 heteroatoms. The molecule has 1 aliphatic carbocycles. The van der Waals surface area contributed by atoms with Crippen LogP contribution in [0.5, 0.6) is 11.6 Å². The molecule has 6 aromatic rings. The maximum atomic E-state index is 12.4. The summed E-state index contributed by atoms with van der Waals surface area (Å²) in [5.74, 6) is 1.12. The molecule has 1 saturated carbocycles. The van der Waals surface area contributed by atoms with Crippen molar-refractivity contribution in [3.8, 4) is 22.8 Å². The Labute approximate surface area is 331 Å². The smallest absolute Gasteiger partial charge is 0.243 e. The minimum atomic E-state index is -0.223. The summed E-state index contributed by atoms with van der Waals surface area (Å²) in [6.07, 6.45) is 12.3. The molecule has 0 radical (unpaired) electrons. The number of aryl methyl sites for hydroxylation is 1. The number of aromatic amines is 1. The van der Waals surface area contributed by atoms with Crippen molar-refractivity contribution in [3.05, 3.63) is 108 Å². The molecule has 7 heterocycles. The maximum absolute atomic E-state index is 12.4. The Balaban J connectivity index is 0.630. The van der Waals surface area contributed by atoms with Crippen molar-refractivity contribution < 1.29 is 19.1 Å². The second-order valence-corrected chi connectivity index (χ2v) is 15.9. The lowest BCUT2D eigenvalue weighted by Crippen LogP contribution is -2.50. The number of hydrogen-bond donors (Lipinski definition) is 2. The Morgan fingerprint density at radius 3 is 2.44 bits per heavy atom. The fraction of sp³-hybridized carbons (Fsp3) is 0.356. The van der Waals surface area contributed by atoms with E-state index >= 15 is 0 Å². The molecule has 2 saturated heterocycles. The summed E-state index contributed by atoms with van der Waals surface area (Å²) in [6.45, 7) is 6.64. The van der Waals surface area contributed by atoms with Crippen molar-refractivity contribution in [1.82, 2.24) is 35.1 Å². The second-order valence-electron chi connectivity index (χ2n) is 15.9. The normalized spacial score (nSPS) is 21.4. The Kier molecular flexibility index (Phi) is 9.51. The number of nitrogens with one attached hydrogen (secondary N) is 2. The number of hydrogen-bond acceptors (Lipinski definition) is 10. The second kappa shape index (κ2) is 15.2. The molecule has 1 atom stereocenters. The van der Waals surface area contributed by atoms with Crippen molar-refractivity contribution >= 4 is 39.3 Å². The van der Waals surface area contributed by atoms with Gasteiger partial charge in [-0.2, -0.15) is 0 Å². The molecule has 290 valence electrons. The van der Waals surface area contributed by atoms with Gasteiger partial charge in [-0.3, -0.25) is 34.7 Å². The fourth-order valence-corrected chi connectivity index (χ4v) is 8.82. The van der Waals surface area contributed by atoms with E-state index in [2.05, 4.69) is 83.5 Å². The molecule has 3 fully saturated rings. The standard InChI is InChI=1S/C45H46N8O4/c54-43-11-10-42(45(55)50-43)53-27-31-3-7-34(20-32(31)28-53)52-18-16-51(17-19-52)15-1-2-33-6-8-35(25-47-33)56-36-22-37(23-36)57-44-12-5-30(24-48-44)29-4-9-38-39-26-46-14-13-40(39)49-41(38)21-29/h3-9,12-14,20-21,24-26,36-37,42,49H,1-2,10-11,15-19,22-23,27-28H2,(H,50,54,55). The number of anilines is 1. The third-order valence-corrected chi connectivity index (χ3v) is 12.1. The molecule has 3 aliphatic heterocycles. The van der Waals surface area contributed by atoms with Crippen LogP contribution in [0.25, 0.3) is 32.9 Å². The van der Waals surface area contributed by atoms with Gasteiger partial charge in [0.15, 0.2) is 0 Å². The number of amides is 2. The Morgan fingerprint density at radius 2 is 1.61 bits per heavy atom. The van der Waals surface area contributed by atoms with Gasteiger partial charge in [-0.15, -0.1) is 0 Å². The van der Waals surface area contributed by atoms with E-state index in [1.807, 2.05) is 36.8 Å². The highest BCUT2D eigenvalue weighted by Crippen LogP contribution is 2.33. The Morgan fingerprint density at radius 1 is 0.754 bits per heavy atom. The molecule has 2 amide bonds. The summed E-state index contributed by atoms with van der Waals surface area (Å²) >= 11 is 0. The average molecular weight is 763 g/mol. The van der Waals surface area contributed by atoms with Gasteiger partial charge in [-0.25, -0.2) is 4.98 Å². The number of piperidine rings is 1. The van der Waals surface area contributed by atoms with Gasteiger partial charge >= 0.3 is 0 Å². The van der Waals surface area contributed by atoms with Crippen LogP contribution in [0.15, 0.2) is 91.5 Å². The summed E-state index contributed by atoms with van der Waals surface area (Å²) in [5.41, 5.74) is 9.23. The monoisotopic (exact) mass is 762 g/mol. The quantitative estimate of drug-likeness (QED) is 0.151. The number of carbonyl (C=O) groups is 2. The van der Waals surface area contributed by atoms with Crippen LogP contribution in [0.3, 0.4) is 0 Å². The van der Waals surface area contributed by atoms with E-state index in [0.717, 1.165) is 110 Å². The van der Waals surface area contributed by atoms with Gasteiger partial charge in [-0.05, 0) is 85.0 Å². The third kappa shape index (κ3) is 7.54. The number of benzene rings is 2. The highest BCUT2D eigenvalue weighted by molar-refractivity contribution is 6.07. The molecular formula is C45H46N8O4. The number of rotatable bonds is 11. The fourth-order valence-electron chi connectivity index (χ4n) is 8.82. The lowest BCUT2D eigenvalue weighted by Gasteiger charge is -2.36. The van der Waals surface area contributed by atoms with E-state index in [1.165, 1.54) is 22.2 Å².